The van der Waals surface area contributed by atoms with Gasteiger partial charge in [-0.15, -0.1) is 0 Å². The average molecular weight is 364 g/mol. The van der Waals surface area contributed by atoms with Gasteiger partial charge < -0.3 is 21.5 Å². The van der Waals surface area contributed by atoms with Gasteiger partial charge in [0.15, 0.2) is 0 Å². The van der Waals surface area contributed by atoms with Gasteiger partial charge in [-0.1, -0.05) is 77.6 Å². The first-order valence-corrected chi connectivity index (χ1v) is 9.44. The molecule has 0 unspecified atom stereocenters. The molecule has 0 N–H and O–H groups in total. The van der Waals surface area contributed by atoms with Crippen molar-refractivity contribution in [2.75, 3.05) is 27.2 Å². The smallest absolute Gasteiger partial charge is 0.0782 e. The minimum Gasteiger partial charge on any atom is -1.00 e. The molecule has 0 atom stereocenters. The van der Waals surface area contributed by atoms with Crippen molar-refractivity contribution in [1.29, 1.82) is 0 Å². The van der Waals surface area contributed by atoms with Crippen LogP contribution in [0.2, 0.25) is 0 Å². The van der Waals surface area contributed by atoms with E-state index in [1.807, 2.05) is 0 Å². The second kappa shape index (κ2) is 16.8. The number of unbranched alkanes of at least 4 members (excludes halogenated alkanes) is 12. The molecule has 0 aliphatic rings. The zero-order chi connectivity index (χ0) is 15.1. The zero-order valence-corrected chi connectivity index (χ0v) is 17.0. The van der Waals surface area contributed by atoms with Gasteiger partial charge in [-0.05, 0) is 19.8 Å². The van der Waals surface area contributed by atoms with E-state index in [4.69, 9.17) is 0 Å². The van der Waals surface area contributed by atoms with Crippen LogP contribution in [0.15, 0.2) is 0 Å². The Kier molecular flexibility index (Phi) is 19.0. The minimum absolute atomic E-state index is 0. The third-order valence-corrected chi connectivity index (χ3v) is 4.72. The lowest BCUT2D eigenvalue weighted by atomic mass is 10.0. The van der Waals surface area contributed by atoms with Gasteiger partial charge in [0.05, 0.1) is 27.2 Å². The first-order valence-electron chi connectivity index (χ1n) is 9.44. The van der Waals surface area contributed by atoms with E-state index in [9.17, 15) is 0 Å². The molecule has 0 rings (SSSR count). The molecule has 0 aromatic rings. The van der Waals surface area contributed by atoms with Gasteiger partial charge in [-0.25, -0.2) is 0 Å². The van der Waals surface area contributed by atoms with Crippen molar-refractivity contribution in [2.45, 2.75) is 97.3 Å². The molecule has 0 aliphatic carbocycles. The largest absolute Gasteiger partial charge is 1.00 e. The predicted octanol–water partition coefficient (Wildman–Crippen LogP) is 3.18. The van der Waals surface area contributed by atoms with Crippen molar-refractivity contribution in [1.82, 2.24) is 0 Å². The number of quaternary nitrogens is 1. The third-order valence-electron chi connectivity index (χ3n) is 4.72. The maximum atomic E-state index is 2.35. The van der Waals surface area contributed by atoms with Crippen LogP contribution in [0.1, 0.15) is 97.3 Å². The Morgan fingerprint density at radius 1 is 0.524 bits per heavy atom. The number of hydrogen-bond donors (Lipinski definition) is 0. The van der Waals surface area contributed by atoms with Crippen molar-refractivity contribution >= 4 is 0 Å². The van der Waals surface area contributed by atoms with Gasteiger partial charge in [-0.3, -0.25) is 0 Å². The fourth-order valence-corrected chi connectivity index (χ4v) is 2.72. The lowest BCUT2D eigenvalue weighted by molar-refractivity contribution is -0.888. The van der Waals surface area contributed by atoms with Crippen LogP contribution in [0.5, 0.6) is 0 Å². The molecular weight excluding hydrogens is 322 g/mol. The SMILES string of the molecule is CCCCCCCCCCCCCCC[N+](C)(C)CC.[Br-]. The number of nitrogens with zero attached hydrogens (tertiary/aromatic N) is 1. The molecule has 21 heavy (non-hydrogen) atoms. The van der Waals surface area contributed by atoms with Crippen LogP contribution in [0.4, 0.5) is 0 Å². The van der Waals surface area contributed by atoms with Crippen LogP contribution < -0.4 is 17.0 Å². The summed E-state index contributed by atoms with van der Waals surface area (Å²) in [5, 5.41) is 0. The van der Waals surface area contributed by atoms with Crippen molar-refractivity contribution < 1.29 is 21.5 Å². The monoisotopic (exact) mass is 363 g/mol. The Hall–Kier alpha value is 0.440. The van der Waals surface area contributed by atoms with Crippen molar-refractivity contribution in [3.05, 3.63) is 0 Å². The van der Waals surface area contributed by atoms with Crippen LogP contribution in [-0.2, 0) is 0 Å². The van der Waals surface area contributed by atoms with E-state index in [0.717, 1.165) is 0 Å². The summed E-state index contributed by atoms with van der Waals surface area (Å²) in [6, 6.07) is 0. The minimum atomic E-state index is 0. The van der Waals surface area contributed by atoms with Crippen LogP contribution in [0.3, 0.4) is 0 Å². The summed E-state index contributed by atoms with van der Waals surface area (Å²) in [7, 11) is 4.70. The summed E-state index contributed by atoms with van der Waals surface area (Å²) >= 11 is 0. The molecule has 1 nitrogen and oxygen atoms in total. The van der Waals surface area contributed by atoms with Gasteiger partial charge in [0.2, 0.25) is 0 Å². The normalized spacial score (nSPS) is 11.4. The van der Waals surface area contributed by atoms with E-state index in [1.54, 1.807) is 0 Å². The topological polar surface area (TPSA) is 0 Å². The molecule has 0 saturated carbocycles. The Morgan fingerprint density at radius 3 is 1.19 bits per heavy atom. The first-order chi connectivity index (χ1) is 9.62. The zero-order valence-electron chi connectivity index (χ0n) is 15.4. The molecule has 0 aromatic carbocycles. The van der Waals surface area contributed by atoms with E-state index < -0.39 is 0 Å². The molecule has 0 bridgehead atoms. The number of halogens is 1. The molecule has 0 spiro atoms. The lowest BCUT2D eigenvalue weighted by Gasteiger charge is -2.28. The maximum absolute atomic E-state index is 2.35. The molecule has 0 aliphatic heterocycles. The van der Waals surface area contributed by atoms with Gasteiger partial charge in [0.25, 0.3) is 0 Å². The first kappa shape index (κ1) is 23.7. The summed E-state index contributed by atoms with van der Waals surface area (Å²) < 4.78 is 1.19. The summed E-state index contributed by atoms with van der Waals surface area (Å²) in [5.74, 6) is 0. The van der Waals surface area contributed by atoms with Crippen LogP contribution in [0, 0.1) is 0 Å². The van der Waals surface area contributed by atoms with Gasteiger partial charge >= 0.3 is 0 Å². The highest BCUT2D eigenvalue weighted by Crippen LogP contribution is 2.13. The summed E-state index contributed by atoms with van der Waals surface area (Å²) in [6.45, 7) is 7.21. The van der Waals surface area contributed by atoms with Gasteiger partial charge in [0.1, 0.15) is 0 Å². The second-order valence-corrected chi connectivity index (χ2v) is 7.22. The molecule has 0 heterocycles. The highest BCUT2D eigenvalue weighted by Gasteiger charge is 2.09. The maximum Gasteiger partial charge on any atom is 0.0782 e. The fourth-order valence-electron chi connectivity index (χ4n) is 2.72. The Labute approximate surface area is 146 Å². The summed E-state index contributed by atoms with van der Waals surface area (Å²) in [4.78, 5) is 0. The second-order valence-electron chi connectivity index (χ2n) is 7.22. The Balaban J connectivity index is 0. The standard InChI is InChI=1S/C19H42N.BrH/c1-5-7-8-9-10-11-12-13-14-15-16-17-18-19-20(3,4)6-2;/h5-19H2,1-4H3;1H/q+1;/p-1. The molecule has 130 valence electrons. The summed E-state index contributed by atoms with van der Waals surface area (Å²) in [5.41, 5.74) is 0. The van der Waals surface area contributed by atoms with Crippen molar-refractivity contribution in [2.24, 2.45) is 0 Å². The van der Waals surface area contributed by atoms with E-state index in [2.05, 4.69) is 27.9 Å². The molecule has 0 radical (unpaired) electrons. The fraction of sp³-hybridized carbons (Fsp3) is 1.00. The molecule has 0 saturated heterocycles. The van der Waals surface area contributed by atoms with Crippen molar-refractivity contribution in [3.8, 4) is 0 Å². The highest BCUT2D eigenvalue weighted by molar-refractivity contribution is 4.49. The van der Waals surface area contributed by atoms with Gasteiger partial charge in [0, 0.05) is 0 Å². The molecular formula is C19H42BrN. The summed E-state index contributed by atoms with van der Waals surface area (Å²) in [6.07, 6.45) is 18.9. The van der Waals surface area contributed by atoms with E-state index >= 15 is 0 Å². The van der Waals surface area contributed by atoms with Crippen LogP contribution in [0.25, 0.3) is 0 Å². The molecule has 0 amide bonds. The molecule has 0 fully saturated rings. The number of hydrogen-bond acceptors (Lipinski definition) is 0. The molecule has 2 heteroatoms. The Bertz CT molecular complexity index is 192. The molecule has 0 aromatic heterocycles. The van der Waals surface area contributed by atoms with Crippen LogP contribution >= 0.6 is 0 Å². The average Bonchev–Trinajstić information content (AvgIpc) is 2.44. The Morgan fingerprint density at radius 2 is 0.857 bits per heavy atom. The van der Waals surface area contributed by atoms with Crippen molar-refractivity contribution in [3.63, 3.8) is 0 Å². The third kappa shape index (κ3) is 18.4. The lowest BCUT2D eigenvalue weighted by Crippen LogP contribution is -3.00. The van der Waals surface area contributed by atoms with E-state index in [-0.39, 0.29) is 17.0 Å². The van der Waals surface area contributed by atoms with E-state index in [1.165, 1.54) is 101 Å². The highest BCUT2D eigenvalue weighted by atomic mass is 79.9. The van der Waals surface area contributed by atoms with Gasteiger partial charge in [-0.2, -0.15) is 0 Å². The van der Waals surface area contributed by atoms with E-state index in [0.29, 0.717) is 0 Å². The van der Waals surface area contributed by atoms with Crippen LogP contribution in [-0.4, -0.2) is 31.7 Å². The quantitative estimate of drug-likeness (QED) is 0.309. The number of rotatable bonds is 15. The predicted molar refractivity (Wildman–Crippen MR) is 93.2 cm³/mol.